The molecule has 0 aliphatic carbocycles. The summed E-state index contributed by atoms with van der Waals surface area (Å²) in [6.45, 7) is 0.708. The van der Waals surface area contributed by atoms with Crippen LogP contribution in [0.4, 0.5) is 19.4 Å². The number of ether oxygens (including phenoxy) is 1. The van der Waals surface area contributed by atoms with Gasteiger partial charge in [0, 0.05) is 31.3 Å². The van der Waals surface area contributed by atoms with Gasteiger partial charge in [0.25, 0.3) is 6.43 Å². The van der Waals surface area contributed by atoms with E-state index < -0.39 is 13.0 Å². The van der Waals surface area contributed by atoms with Gasteiger partial charge in [-0.15, -0.1) is 5.10 Å². The summed E-state index contributed by atoms with van der Waals surface area (Å²) in [6.07, 6.45) is -1.18. The fourth-order valence-corrected chi connectivity index (χ4v) is 3.41. The zero-order chi connectivity index (χ0) is 20.2. The highest BCUT2D eigenvalue weighted by Gasteiger charge is 2.29. The van der Waals surface area contributed by atoms with Gasteiger partial charge in [0.05, 0.1) is 16.9 Å². The Morgan fingerprint density at radius 1 is 1.28 bits per heavy atom. The minimum atomic E-state index is -2.59. The first kappa shape index (κ1) is 19.1. The van der Waals surface area contributed by atoms with Gasteiger partial charge in [0.1, 0.15) is 5.82 Å². The number of anilines is 1. The summed E-state index contributed by atoms with van der Waals surface area (Å²) >= 11 is 0. The molecule has 0 unspecified atom stereocenters. The molecule has 0 spiro atoms. The van der Waals surface area contributed by atoms with Crippen LogP contribution in [-0.4, -0.2) is 53.4 Å². The second-order valence-corrected chi connectivity index (χ2v) is 6.73. The highest BCUT2D eigenvalue weighted by Crippen LogP contribution is 2.25. The average Bonchev–Trinajstić information content (AvgIpc) is 3.33. The molecular weight excluding hydrogens is 382 g/mol. The highest BCUT2D eigenvalue weighted by atomic mass is 19.3. The Kier molecular flexibility index (Phi) is 5.52. The SMILES string of the molecule is O=C(Nc1cc2[nH]nc(OCC(F)F)c2cn1)N[C@H]1CNC[C@@H]1c1ccccc1. The van der Waals surface area contributed by atoms with Crippen molar-refractivity contribution in [2.75, 3.05) is 25.0 Å². The van der Waals surface area contributed by atoms with E-state index in [4.69, 9.17) is 4.74 Å². The molecule has 1 aliphatic rings. The number of carbonyl (C=O) groups excluding carboxylic acids is 1. The van der Waals surface area contributed by atoms with Crippen molar-refractivity contribution in [3.63, 3.8) is 0 Å². The Balaban J connectivity index is 1.40. The number of carbonyl (C=O) groups is 1. The number of amides is 2. The summed E-state index contributed by atoms with van der Waals surface area (Å²) in [7, 11) is 0. The van der Waals surface area contributed by atoms with Gasteiger partial charge >= 0.3 is 6.03 Å². The summed E-state index contributed by atoms with van der Waals surface area (Å²) in [4.78, 5) is 16.6. The molecule has 8 nitrogen and oxygen atoms in total. The number of aromatic amines is 1. The number of benzene rings is 1. The maximum Gasteiger partial charge on any atom is 0.320 e. The van der Waals surface area contributed by atoms with E-state index >= 15 is 0 Å². The quantitative estimate of drug-likeness (QED) is 0.507. The number of urea groups is 1. The number of hydrogen-bond acceptors (Lipinski definition) is 5. The molecule has 29 heavy (non-hydrogen) atoms. The molecule has 1 fully saturated rings. The smallest absolute Gasteiger partial charge is 0.320 e. The lowest BCUT2D eigenvalue weighted by molar-refractivity contribution is 0.0803. The van der Waals surface area contributed by atoms with Crippen molar-refractivity contribution < 1.29 is 18.3 Å². The van der Waals surface area contributed by atoms with E-state index in [1.54, 1.807) is 6.07 Å². The minimum Gasteiger partial charge on any atom is -0.470 e. The summed E-state index contributed by atoms with van der Waals surface area (Å²) in [6, 6.07) is 11.2. The van der Waals surface area contributed by atoms with Crippen LogP contribution in [0.25, 0.3) is 10.9 Å². The second kappa shape index (κ2) is 8.39. The van der Waals surface area contributed by atoms with Crippen LogP contribution >= 0.6 is 0 Å². The molecule has 1 aliphatic heterocycles. The Labute approximate surface area is 165 Å². The lowest BCUT2D eigenvalue weighted by atomic mass is 9.94. The van der Waals surface area contributed by atoms with Crippen LogP contribution in [0.5, 0.6) is 5.88 Å². The van der Waals surface area contributed by atoms with Crippen LogP contribution in [0, 0.1) is 0 Å². The standard InChI is InChI=1S/C19H20F2N6O2/c20-16(21)10-29-18-13-8-23-17(6-14(13)26-27-18)25-19(28)24-15-9-22-7-12(15)11-4-2-1-3-5-11/h1-6,8,12,15-16,22H,7,9-10H2,(H,26,27)(H2,23,24,25,28)/t12-,15+/m1/s1. The van der Waals surface area contributed by atoms with E-state index in [2.05, 4.69) is 31.1 Å². The molecule has 1 saturated heterocycles. The molecule has 4 rings (SSSR count). The zero-order valence-corrected chi connectivity index (χ0v) is 15.4. The average molecular weight is 402 g/mol. The fraction of sp³-hybridized carbons (Fsp3) is 0.316. The Morgan fingerprint density at radius 3 is 2.90 bits per heavy atom. The number of hydrogen-bond donors (Lipinski definition) is 4. The molecular formula is C19H20F2N6O2. The Bertz CT molecular complexity index is 981. The Hall–Kier alpha value is -3.27. The number of fused-ring (bicyclic) bond motifs is 1. The highest BCUT2D eigenvalue weighted by molar-refractivity contribution is 5.92. The van der Waals surface area contributed by atoms with Crippen LogP contribution in [-0.2, 0) is 0 Å². The van der Waals surface area contributed by atoms with Crippen LogP contribution in [0.1, 0.15) is 11.5 Å². The number of alkyl halides is 2. The molecule has 2 atom stereocenters. The van der Waals surface area contributed by atoms with Crippen molar-refractivity contribution in [2.24, 2.45) is 0 Å². The first-order valence-corrected chi connectivity index (χ1v) is 9.18. The first-order valence-electron chi connectivity index (χ1n) is 9.18. The third-order valence-corrected chi connectivity index (χ3v) is 4.76. The molecule has 3 aromatic rings. The molecule has 10 heteroatoms. The van der Waals surface area contributed by atoms with Gasteiger partial charge in [-0.25, -0.2) is 18.6 Å². The predicted octanol–water partition coefficient (Wildman–Crippen LogP) is 2.48. The maximum absolute atomic E-state index is 12.4. The largest absolute Gasteiger partial charge is 0.470 e. The normalized spacial score (nSPS) is 18.9. The van der Waals surface area contributed by atoms with Gasteiger partial charge in [-0.2, -0.15) is 0 Å². The summed E-state index contributed by atoms with van der Waals surface area (Å²) in [5, 5.41) is 16.0. The molecule has 0 bridgehead atoms. The van der Waals surface area contributed by atoms with Gasteiger partial charge in [-0.1, -0.05) is 30.3 Å². The van der Waals surface area contributed by atoms with Crippen molar-refractivity contribution in [3.05, 3.63) is 48.2 Å². The monoisotopic (exact) mass is 402 g/mol. The topological polar surface area (TPSA) is 104 Å². The first-order chi connectivity index (χ1) is 14.1. The summed E-state index contributed by atoms with van der Waals surface area (Å²) < 4.78 is 29.5. The molecule has 0 radical (unpaired) electrons. The van der Waals surface area contributed by atoms with Gasteiger partial charge in [-0.3, -0.25) is 10.4 Å². The summed E-state index contributed by atoms with van der Waals surface area (Å²) in [5.74, 6) is 0.535. The zero-order valence-electron chi connectivity index (χ0n) is 15.4. The van der Waals surface area contributed by atoms with Crippen LogP contribution < -0.4 is 20.7 Å². The number of pyridine rings is 1. The number of nitrogens with one attached hydrogen (secondary N) is 4. The molecule has 0 saturated carbocycles. The van der Waals surface area contributed by atoms with E-state index in [1.165, 1.54) is 6.20 Å². The maximum atomic E-state index is 12.4. The van der Waals surface area contributed by atoms with Crippen molar-refractivity contribution in [1.29, 1.82) is 0 Å². The number of rotatable bonds is 6. The van der Waals surface area contributed by atoms with Crippen molar-refractivity contribution in [3.8, 4) is 5.88 Å². The van der Waals surface area contributed by atoms with E-state index in [1.807, 2.05) is 30.3 Å². The van der Waals surface area contributed by atoms with Crippen molar-refractivity contribution in [2.45, 2.75) is 18.4 Å². The molecule has 2 amide bonds. The van der Waals surface area contributed by atoms with Gasteiger partial charge < -0.3 is 15.4 Å². The van der Waals surface area contributed by atoms with Gasteiger partial charge in [0.2, 0.25) is 5.88 Å². The van der Waals surface area contributed by atoms with E-state index in [9.17, 15) is 13.6 Å². The van der Waals surface area contributed by atoms with Crippen LogP contribution in [0.2, 0.25) is 0 Å². The third-order valence-electron chi connectivity index (χ3n) is 4.76. The van der Waals surface area contributed by atoms with E-state index in [-0.39, 0.29) is 23.9 Å². The molecule has 3 heterocycles. The van der Waals surface area contributed by atoms with E-state index in [0.29, 0.717) is 23.3 Å². The van der Waals surface area contributed by atoms with Gasteiger partial charge in [-0.05, 0) is 5.56 Å². The second-order valence-electron chi connectivity index (χ2n) is 6.73. The summed E-state index contributed by atoms with van der Waals surface area (Å²) in [5.41, 5.74) is 1.68. The van der Waals surface area contributed by atoms with Gasteiger partial charge in [0.15, 0.2) is 6.61 Å². The molecule has 1 aromatic carbocycles. The lowest BCUT2D eigenvalue weighted by Crippen LogP contribution is -2.42. The lowest BCUT2D eigenvalue weighted by Gasteiger charge is -2.20. The number of aromatic nitrogens is 3. The minimum absolute atomic E-state index is 0.0477. The van der Waals surface area contributed by atoms with Crippen molar-refractivity contribution >= 4 is 22.8 Å². The third kappa shape index (κ3) is 4.43. The number of H-pyrrole nitrogens is 1. The number of nitrogens with zero attached hydrogens (tertiary/aromatic N) is 2. The van der Waals surface area contributed by atoms with Crippen LogP contribution in [0.15, 0.2) is 42.6 Å². The fourth-order valence-electron chi connectivity index (χ4n) is 3.41. The molecule has 152 valence electrons. The van der Waals surface area contributed by atoms with Crippen LogP contribution in [0.3, 0.4) is 0 Å². The van der Waals surface area contributed by atoms with E-state index in [0.717, 1.165) is 12.1 Å². The Morgan fingerprint density at radius 2 is 2.10 bits per heavy atom. The molecule has 2 aromatic heterocycles. The molecule has 4 N–H and O–H groups in total. The van der Waals surface area contributed by atoms with Crippen molar-refractivity contribution in [1.82, 2.24) is 25.8 Å². The number of halogens is 2. The predicted molar refractivity (Wildman–Crippen MR) is 103 cm³/mol.